The third-order valence-corrected chi connectivity index (χ3v) is 5.60. The molecule has 1 aliphatic heterocycles. The second-order valence-electron chi connectivity index (χ2n) is 6.62. The predicted molar refractivity (Wildman–Crippen MR) is 87.8 cm³/mol. The van der Waals surface area contributed by atoms with Crippen LogP contribution in [0.5, 0.6) is 0 Å². The number of rotatable bonds is 3. The largest absolute Gasteiger partial charge is 0.422 e. The molecule has 1 saturated carbocycles. The molecule has 0 amide bonds. The third-order valence-electron chi connectivity index (χ3n) is 5.53. The van der Waals surface area contributed by atoms with Crippen molar-refractivity contribution in [1.29, 1.82) is 0 Å². The molecule has 2 fully saturated rings. The zero-order valence-corrected chi connectivity index (χ0v) is 13.7. The topological polar surface area (TPSA) is 29.5 Å². The number of benzene rings is 1. The summed E-state index contributed by atoms with van der Waals surface area (Å²) in [7, 11) is 0. The predicted octanol–water partition coefficient (Wildman–Crippen LogP) is 4.89. The van der Waals surface area contributed by atoms with Crippen LogP contribution < -0.4 is 0 Å². The second-order valence-corrected chi connectivity index (χ2v) is 6.92. The first-order valence-corrected chi connectivity index (χ1v) is 8.76. The summed E-state index contributed by atoms with van der Waals surface area (Å²) in [6, 6.07) is 11.0. The van der Waals surface area contributed by atoms with Gasteiger partial charge in [0.1, 0.15) is 0 Å². The van der Waals surface area contributed by atoms with Gasteiger partial charge in [0.25, 0.3) is 0 Å². The molecule has 1 saturated heterocycles. The normalized spacial score (nSPS) is 23.1. The van der Waals surface area contributed by atoms with Crippen molar-refractivity contribution in [3.05, 3.63) is 35.9 Å². The summed E-state index contributed by atoms with van der Waals surface area (Å²) in [6.45, 7) is 1.58. The standard InChI is InChI=1S/C18H24ClNO2/c19-17(21)22-20-13-9-16(10-14-20)18(11-5-2-6-12-18)15-7-3-1-4-8-15/h1,3-4,7-8,16H,2,5-6,9-14H2. The smallest absolute Gasteiger partial charge is 0.355 e. The molecule has 1 aromatic carbocycles. The van der Waals surface area contributed by atoms with Crippen LogP contribution in [-0.4, -0.2) is 23.6 Å². The lowest BCUT2D eigenvalue weighted by atomic mass is 9.60. The van der Waals surface area contributed by atoms with E-state index in [1.807, 2.05) is 0 Å². The maximum Gasteiger partial charge on any atom is 0.422 e. The van der Waals surface area contributed by atoms with Gasteiger partial charge in [-0.05, 0) is 42.6 Å². The molecule has 2 aliphatic rings. The Balaban J connectivity index is 1.75. The summed E-state index contributed by atoms with van der Waals surface area (Å²) in [5.41, 5.74) is 1.09. The summed E-state index contributed by atoms with van der Waals surface area (Å²) in [5.74, 6) is 0.667. The van der Waals surface area contributed by atoms with Crippen molar-refractivity contribution >= 4 is 17.0 Å². The van der Waals surface area contributed by atoms with Gasteiger partial charge in [0.2, 0.25) is 0 Å². The maximum atomic E-state index is 10.9. The molecule has 1 aromatic rings. The van der Waals surface area contributed by atoms with Crippen molar-refractivity contribution in [3.63, 3.8) is 0 Å². The zero-order valence-electron chi connectivity index (χ0n) is 13.0. The van der Waals surface area contributed by atoms with Crippen LogP contribution in [0, 0.1) is 5.92 Å². The lowest BCUT2D eigenvalue weighted by Crippen LogP contribution is -2.44. The number of hydrogen-bond donors (Lipinski definition) is 0. The maximum absolute atomic E-state index is 10.9. The SMILES string of the molecule is O=C(Cl)ON1CCC(C2(c3ccccc3)CCCCC2)CC1. The Kier molecular flexibility index (Phi) is 5.04. The number of hydrogen-bond acceptors (Lipinski definition) is 3. The van der Waals surface area contributed by atoms with Crippen LogP contribution in [0.3, 0.4) is 0 Å². The highest BCUT2D eigenvalue weighted by Gasteiger charge is 2.42. The fraction of sp³-hybridized carbons (Fsp3) is 0.611. The lowest BCUT2D eigenvalue weighted by Gasteiger charge is -2.47. The molecular formula is C18H24ClNO2. The second kappa shape index (κ2) is 7.01. The number of nitrogens with zero attached hydrogens (tertiary/aromatic N) is 1. The first kappa shape index (κ1) is 15.8. The highest BCUT2D eigenvalue weighted by atomic mass is 35.5. The van der Waals surface area contributed by atoms with Gasteiger partial charge in [-0.3, -0.25) is 0 Å². The van der Waals surface area contributed by atoms with Crippen LogP contribution in [0.25, 0.3) is 0 Å². The molecule has 3 rings (SSSR count). The minimum absolute atomic E-state index is 0.316. The van der Waals surface area contributed by atoms with E-state index in [-0.39, 0.29) is 0 Å². The number of piperidine rings is 1. The molecule has 3 nitrogen and oxygen atoms in total. The zero-order chi connectivity index (χ0) is 15.4. The fourth-order valence-electron chi connectivity index (χ4n) is 4.49. The fourth-order valence-corrected chi connectivity index (χ4v) is 4.58. The van der Waals surface area contributed by atoms with Crippen molar-refractivity contribution in [2.75, 3.05) is 13.1 Å². The Morgan fingerprint density at radius 2 is 1.73 bits per heavy atom. The number of hydroxylamine groups is 2. The van der Waals surface area contributed by atoms with Gasteiger partial charge in [-0.2, -0.15) is 0 Å². The van der Waals surface area contributed by atoms with Crippen molar-refractivity contribution in [3.8, 4) is 0 Å². The van der Waals surface area contributed by atoms with Crippen LogP contribution in [0.2, 0.25) is 0 Å². The van der Waals surface area contributed by atoms with Crippen LogP contribution in [0.15, 0.2) is 30.3 Å². The summed E-state index contributed by atoms with van der Waals surface area (Å²) in [5, 5.41) is 1.72. The molecule has 0 spiro atoms. The number of carbonyl (C=O) groups excluding carboxylic acids is 1. The average Bonchev–Trinajstić information content (AvgIpc) is 2.56. The average molecular weight is 322 g/mol. The molecular weight excluding hydrogens is 298 g/mol. The van der Waals surface area contributed by atoms with E-state index >= 15 is 0 Å². The highest BCUT2D eigenvalue weighted by Crippen LogP contribution is 2.48. The molecule has 0 aromatic heterocycles. The molecule has 120 valence electrons. The van der Waals surface area contributed by atoms with E-state index in [0.717, 1.165) is 25.9 Å². The molecule has 1 aliphatic carbocycles. The van der Waals surface area contributed by atoms with Gasteiger partial charge < -0.3 is 4.84 Å². The first-order chi connectivity index (χ1) is 10.7. The van der Waals surface area contributed by atoms with Gasteiger partial charge in [0.15, 0.2) is 0 Å². The van der Waals surface area contributed by atoms with Crippen molar-refractivity contribution in [1.82, 2.24) is 5.06 Å². The van der Waals surface area contributed by atoms with E-state index < -0.39 is 5.43 Å². The van der Waals surface area contributed by atoms with E-state index in [2.05, 4.69) is 30.3 Å². The Bertz CT molecular complexity index is 491. The van der Waals surface area contributed by atoms with Gasteiger partial charge in [-0.25, -0.2) is 4.79 Å². The van der Waals surface area contributed by atoms with E-state index in [1.165, 1.54) is 37.7 Å². The monoisotopic (exact) mass is 321 g/mol. The quantitative estimate of drug-likeness (QED) is 0.742. The number of carbonyl (C=O) groups is 1. The minimum atomic E-state index is -0.728. The Labute approximate surface area is 137 Å². The molecule has 1 heterocycles. The minimum Gasteiger partial charge on any atom is -0.355 e. The summed E-state index contributed by atoms with van der Waals surface area (Å²) in [6.07, 6.45) is 8.72. The van der Waals surface area contributed by atoms with Crippen LogP contribution in [-0.2, 0) is 10.3 Å². The van der Waals surface area contributed by atoms with Gasteiger partial charge >= 0.3 is 5.43 Å². The Hall–Kier alpha value is -1.06. The molecule has 4 heteroatoms. The van der Waals surface area contributed by atoms with Crippen LogP contribution in [0.4, 0.5) is 4.79 Å². The first-order valence-electron chi connectivity index (χ1n) is 8.39. The molecule has 0 bridgehead atoms. The van der Waals surface area contributed by atoms with Crippen LogP contribution in [0.1, 0.15) is 50.5 Å². The van der Waals surface area contributed by atoms with Crippen molar-refractivity contribution in [2.24, 2.45) is 5.92 Å². The third kappa shape index (κ3) is 3.31. The Morgan fingerprint density at radius 1 is 1.09 bits per heavy atom. The summed E-state index contributed by atoms with van der Waals surface area (Å²) in [4.78, 5) is 15.9. The van der Waals surface area contributed by atoms with Crippen molar-refractivity contribution < 1.29 is 9.63 Å². The molecule has 0 unspecified atom stereocenters. The summed E-state index contributed by atoms with van der Waals surface area (Å²) >= 11 is 5.32. The van der Waals surface area contributed by atoms with Gasteiger partial charge in [-0.15, -0.1) is 5.06 Å². The van der Waals surface area contributed by atoms with Crippen molar-refractivity contribution in [2.45, 2.75) is 50.4 Å². The molecule has 0 radical (unpaired) electrons. The van der Waals surface area contributed by atoms with Gasteiger partial charge in [-0.1, -0.05) is 49.6 Å². The van der Waals surface area contributed by atoms with E-state index in [1.54, 1.807) is 5.06 Å². The van der Waals surface area contributed by atoms with E-state index in [9.17, 15) is 4.79 Å². The van der Waals surface area contributed by atoms with E-state index in [0.29, 0.717) is 11.3 Å². The molecule has 0 N–H and O–H groups in total. The molecule has 22 heavy (non-hydrogen) atoms. The summed E-state index contributed by atoms with van der Waals surface area (Å²) < 4.78 is 0. The molecule has 0 atom stereocenters. The highest BCUT2D eigenvalue weighted by molar-refractivity contribution is 6.61. The van der Waals surface area contributed by atoms with Gasteiger partial charge in [0.05, 0.1) is 0 Å². The van der Waals surface area contributed by atoms with E-state index in [4.69, 9.17) is 16.4 Å². The lowest BCUT2D eigenvalue weighted by molar-refractivity contribution is -0.115. The Morgan fingerprint density at radius 3 is 2.32 bits per heavy atom. The van der Waals surface area contributed by atoms with Crippen LogP contribution >= 0.6 is 11.6 Å². The number of halogens is 1. The van der Waals surface area contributed by atoms with Gasteiger partial charge in [0, 0.05) is 24.7 Å².